The molecule has 0 bridgehead atoms. The van der Waals surface area contributed by atoms with Crippen molar-refractivity contribution in [2.75, 3.05) is 0 Å². The third-order valence-electron chi connectivity index (χ3n) is 2.97. The second kappa shape index (κ2) is 4.19. The summed E-state index contributed by atoms with van der Waals surface area (Å²) < 4.78 is 6.30. The largest absolute Gasteiger partial charge is 0.412 e. The van der Waals surface area contributed by atoms with Gasteiger partial charge in [-0.25, -0.2) is 0 Å². The van der Waals surface area contributed by atoms with Crippen molar-refractivity contribution >= 4 is 8.32 Å². The first-order valence-electron chi connectivity index (χ1n) is 5.33. The molecule has 0 atom stereocenters. The molecule has 1 nitrogen and oxygen atoms in total. The number of hydrogen-bond donors (Lipinski definition) is 0. The van der Waals surface area contributed by atoms with E-state index in [0.29, 0.717) is 0 Å². The van der Waals surface area contributed by atoms with Crippen LogP contribution in [-0.4, -0.2) is 13.9 Å². The number of hydrogen-bond acceptors (Lipinski definition) is 1. The van der Waals surface area contributed by atoms with Crippen LogP contribution in [0.4, 0.5) is 0 Å². The minimum absolute atomic E-state index is 0.0647. The van der Waals surface area contributed by atoms with Crippen LogP contribution in [0.15, 0.2) is 12.7 Å². The van der Waals surface area contributed by atoms with Gasteiger partial charge in [0.05, 0.1) is 5.60 Å². The third kappa shape index (κ3) is 3.97. The van der Waals surface area contributed by atoms with Gasteiger partial charge in [0.15, 0.2) is 8.32 Å². The van der Waals surface area contributed by atoms with Crippen LogP contribution in [0, 0.1) is 0 Å². The van der Waals surface area contributed by atoms with Gasteiger partial charge in [-0.05, 0) is 38.4 Å². The summed E-state index contributed by atoms with van der Waals surface area (Å²) in [6.45, 7) is 19.4. The number of rotatable bonds is 4. The Kier molecular flexibility index (Phi) is 4.17. The van der Waals surface area contributed by atoms with Crippen molar-refractivity contribution < 1.29 is 4.43 Å². The Hall–Kier alpha value is -0.0831. The van der Waals surface area contributed by atoms with E-state index in [-0.39, 0.29) is 10.6 Å². The molecule has 0 amide bonds. The van der Waals surface area contributed by atoms with Crippen LogP contribution in [0.3, 0.4) is 0 Å². The van der Waals surface area contributed by atoms with Gasteiger partial charge < -0.3 is 4.43 Å². The molecule has 0 aliphatic carbocycles. The minimum Gasteiger partial charge on any atom is -0.412 e. The van der Waals surface area contributed by atoms with Crippen molar-refractivity contribution in [3.63, 3.8) is 0 Å². The second-order valence-electron chi connectivity index (χ2n) is 6.11. The first-order chi connectivity index (χ1) is 6.02. The van der Waals surface area contributed by atoms with Crippen molar-refractivity contribution in [1.29, 1.82) is 0 Å². The standard InChI is InChI=1S/C12H26OSi/c1-9-10-12(5,6)13-14(7,8)11(2,3)4/h9H,1,10H2,2-8H3. The molecule has 0 aliphatic heterocycles. The molecular formula is C12H26OSi. The van der Waals surface area contributed by atoms with E-state index in [2.05, 4.69) is 54.3 Å². The zero-order chi connectivity index (χ0) is 11.6. The van der Waals surface area contributed by atoms with Crippen LogP contribution in [0.5, 0.6) is 0 Å². The van der Waals surface area contributed by atoms with Gasteiger partial charge >= 0.3 is 0 Å². The molecule has 0 radical (unpaired) electrons. The summed E-state index contributed by atoms with van der Waals surface area (Å²) in [4.78, 5) is 0. The molecule has 0 heterocycles. The van der Waals surface area contributed by atoms with Gasteiger partial charge in [-0.1, -0.05) is 26.8 Å². The monoisotopic (exact) mass is 214 g/mol. The molecule has 0 fully saturated rings. The topological polar surface area (TPSA) is 9.23 Å². The van der Waals surface area contributed by atoms with Gasteiger partial charge in [0.2, 0.25) is 0 Å². The lowest BCUT2D eigenvalue weighted by molar-refractivity contribution is 0.0949. The molecule has 0 unspecified atom stereocenters. The van der Waals surface area contributed by atoms with E-state index in [4.69, 9.17) is 4.43 Å². The Morgan fingerprint density at radius 3 is 1.86 bits per heavy atom. The predicted octanol–water partition coefficient (Wildman–Crippen LogP) is 4.36. The molecule has 0 saturated carbocycles. The van der Waals surface area contributed by atoms with Crippen LogP contribution in [0.2, 0.25) is 18.1 Å². The van der Waals surface area contributed by atoms with E-state index >= 15 is 0 Å². The molecule has 0 rings (SSSR count). The van der Waals surface area contributed by atoms with Crippen LogP contribution >= 0.6 is 0 Å². The quantitative estimate of drug-likeness (QED) is 0.499. The molecule has 0 aromatic carbocycles. The summed E-state index contributed by atoms with van der Waals surface area (Å²) in [7, 11) is -1.63. The van der Waals surface area contributed by atoms with Gasteiger partial charge in [-0.2, -0.15) is 0 Å². The van der Waals surface area contributed by atoms with E-state index in [0.717, 1.165) is 6.42 Å². The van der Waals surface area contributed by atoms with E-state index in [1.807, 2.05) is 6.08 Å². The van der Waals surface area contributed by atoms with E-state index in [9.17, 15) is 0 Å². The van der Waals surface area contributed by atoms with Crippen LogP contribution in [-0.2, 0) is 4.43 Å². The Morgan fingerprint density at radius 2 is 1.57 bits per heavy atom. The highest BCUT2D eigenvalue weighted by Gasteiger charge is 2.40. The van der Waals surface area contributed by atoms with Gasteiger partial charge in [-0.3, -0.25) is 0 Å². The lowest BCUT2D eigenvalue weighted by Crippen LogP contribution is -2.47. The average Bonchev–Trinajstić information content (AvgIpc) is 1.80. The summed E-state index contributed by atoms with van der Waals surface area (Å²) in [5, 5.41) is 0.283. The van der Waals surface area contributed by atoms with E-state index in [1.165, 1.54) is 0 Å². The molecule has 0 N–H and O–H groups in total. The van der Waals surface area contributed by atoms with Crippen molar-refractivity contribution in [2.24, 2.45) is 0 Å². The van der Waals surface area contributed by atoms with Gasteiger partial charge in [0.1, 0.15) is 0 Å². The Bertz CT molecular complexity index is 199. The first-order valence-corrected chi connectivity index (χ1v) is 8.24. The highest BCUT2D eigenvalue weighted by atomic mass is 28.4. The molecule has 2 heteroatoms. The lowest BCUT2D eigenvalue weighted by Gasteiger charge is -2.42. The van der Waals surface area contributed by atoms with E-state index in [1.54, 1.807) is 0 Å². The predicted molar refractivity (Wildman–Crippen MR) is 67.2 cm³/mol. The minimum atomic E-state index is -1.63. The maximum Gasteiger partial charge on any atom is 0.192 e. The van der Waals surface area contributed by atoms with Crippen LogP contribution < -0.4 is 0 Å². The maximum absolute atomic E-state index is 6.30. The lowest BCUT2D eigenvalue weighted by atomic mass is 10.1. The molecule has 0 aliphatic rings. The summed E-state index contributed by atoms with van der Waals surface area (Å²) >= 11 is 0. The fraction of sp³-hybridized carbons (Fsp3) is 0.833. The highest BCUT2D eigenvalue weighted by Crippen LogP contribution is 2.39. The summed E-state index contributed by atoms with van der Waals surface area (Å²) in [6, 6.07) is 0. The SMILES string of the molecule is C=CCC(C)(C)O[Si](C)(C)C(C)(C)C. The summed E-state index contributed by atoms with van der Waals surface area (Å²) in [5.41, 5.74) is -0.0647. The molecule has 84 valence electrons. The molecule has 0 saturated heterocycles. The third-order valence-corrected chi connectivity index (χ3v) is 7.65. The Morgan fingerprint density at radius 1 is 1.14 bits per heavy atom. The van der Waals surface area contributed by atoms with Crippen molar-refractivity contribution in [1.82, 2.24) is 0 Å². The van der Waals surface area contributed by atoms with Crippen molar-refractivity contribution in [2.45, 2.75) is 64.8 Å². The van der Waals surface area contributed by atoms with E-state index < -0.39 is 8.32 Å². The zero-order valence-corrected chi connectivity index (χ0v) is 11.9. The average molecular weight is 214 g/mol. The van der Waals surface area contributed by atoms with Crippen LogP contribution in [0.25, 0.3) is 0 Å². The molecule has 0 spiro atoms. The molecule has 0 aromatic rings. The smallest absolute Gasteiger partial charge is 0.192 e. The van der Waals surface area contributed by atoms with Gasteiger partial charge in [0, 0.05) is 0 Å². The Labute approximate surface area is 90.7 Å². The van der Waals surface area contributed by atoms with Crippen molar-refractivity contribution in [3.8, 4) is 0 Å². The normalized spacial score (nSPS) is 14.2. The van der Waals surface area contributed by atoms with Crippen LogP contribution in [0.1, 0.15) is 41.0 Å². The van der Waals surface area contributed by atoms with Crippen molar-refractivity contribution in [3.05, 3.63) is 12.7 Å². The highest BCUT2D eigenvalue weighted by molar-refractivity contribution is 6.74. The zero-order valence-electron chi connectivity index (χ0n) is 10.9. The fourth-order valence-electron chi connectivity index (χ4n) is 1.23. The first kappa shape index (κ1) is 13.9. The molecule has 0 aromatic heterocycles. The van der Waals surface area contributed by atoms with Gasteiger partial charge in [0.25, 0.3) is 0 Å². The second-order valence-corrected chi connectivity index (χ2v) is 10.8. The molecular weight excluding hydrogens is 188 g/mol. The Balaban J connectivity index is 4.57. The fourth-order valence-corrected chi connectivity index (χ4v) is 3.00. The maximum atomic E-state index is 6.30. The molecule has 14 heavy (non-hydrogen) atoms. The summed E-state index contributed by atoms with van der Waals surface area (Å²) in [6.07, 6.45) is 2.85. The summed E-state index contributed by atoms with van der Waals surface area (Å²) in [5.74, 6) is 0. The van der Waals surface area contributed by atoms with Gasteiger partial charge in [-0.15, -0.1) is 6.58 Å².